The fraction of sp³-hybridized carbons (Fsp3) is 0. The topological polar surface area (TPSA) is 39.8 Å². The van der Waals surface area contributed by atoms with Gasteiger partial charge in [-0.3, -0.25) is 0 Å². The van der Waals surface area contributed by atoms with Crippen LogP contribution in [0, 0.1) is 11.5 Å². The Bertz CT molecular complexity index is 204. The Labute approximate surface area is 57.3 Å². The summed E-state index contributed by atoms with van der Waals surface area (Å²) in [4.78, 5) is 0.507. The van der Waals surface area contributed by atoms with E-state index in [0.29, 0.717) is 9.87 Å². The van der Waals surface area contributed by atoms with Gasteiger partial charge in [0, 0.05) is 17.4 Å². The summed E-state index contributed by atoms with van der Waals surface area (Å²) in [5, 5.41) is 14.6. The van der Waals surface area contributed by atoms with Gasteiger partial charge in [0.1, 0.15) is 0 Å². The van der Waals surface area contributed by atoms with Gasteiger partial charge in [0.15, 0.2) is 5.03 Å². The molecule has 0 aliphatic heterocycles. The maximum atomic E-state index is 10.4. The summed E-state index contributed by atoms with van der Waals surface area (Å²) in [6, 6.07) is 3.36. The average Bonchev–Trinajstić information content (AvgIpc) is 1.88. The molecule has 9 heavy (non-hydrogen) atoms. The maximum absolute atomic E-state index is 10.4. The van der Waals surface area contributed by atoms with E-state index in [9.17, 15) is 5.21 Å². The van der Waals surface area contributed by atoms with E-state index in [0.717, 1.165) is 0 Å². The Morgan fingerprint density at radius 2 is 2.56 bits per heavy atom. The van der Waals surface area contributed by atoms with Crippen molar-refractivity contribution in [3.8, 4) is 0 Å². The molecule has 1 aromatic heterocycles. The minimum Gasteiger partial charge on any atom is -0.594 e. The van der Waals surface area contributed by atoms with Gasteiger partial charge in [-0.15, -0.1) is 0 Å². The molecule has 1 aromatic rings. The van der Waals surface area contributed by atoms with E-state index in [2.05, 4.69) is 11.4 Å². The molecular formula is C5H5N2OS. The van der Waals surface area contributed by atoms with Crippen molar-refractivity contribution < 1.29 is 4.85 Å². The minimum atomic E-state index is 0.507. The molecule has 47 valence electrons. The van der Waals surface area contributed by atoms with Crippen LogP contribution in [0.2, 0.25) is 0 Å². The Morgan fingerprint density at radius 3 is 3.00 bits per heavy atom. The van der Waals surface area contributed by atoms with Gasteiger partial charge in [-0.05, 0) is 6.07 Å². The SMILES string of the molecule is [CH2]Sc1ccc[n+]([O-])n1. The predicted molar refractivity (Wildman–Crippen MR) is 34.4 cm³/mol. The molecule has 3 nitrogen and oxygen atoms in total. The van der Waals surface area contributed by atoms with E-state index in [1.54, 1.807) is 12.1 Å². The lowest BCUT2D eigenvalue weighted by molar-refractivity contribution is -0.672. The molecule has 0 atom stereocenters. The van der Waals surface area contributed by atoms with Crippen molar-refractivity contribution in [2.75, 3.05) is 0 Å². The van der Waals surface area contributed by atoms with E-state index in [4.69, 9.17) is 0 Å². The van der Waals surface area contributed by atoms with Gasteiger partial charge >= 0.3 is 0 Å². The quantitative estimate of drug-likeness (QED) is 0.326. The van der Waals surface area contributed by atoms with Gasteiger partial charge in [0.05, 0.1) is 0 Å². The third-order valence-electron chi connectivity index (χ3n) is 0.797. The molecular weight excluding hydrogens is 136 g/mol. The molecule has 0 bridgehead atoms. The molecule has 0 aliphatic rings. The van der Waals surface area contributed by atoms with Crippen LogP contribution < -0.4 is 4.85 Å². The third-order valence-corrected chi connectivity index (χ3v) is 1.31. The smallest absolute Gasteiger partial charge is 0.209 e. The molecule has 0 unspecified atom stereocenters. The summed E-state index contributed by atoms with van der Waals surface area (Å²) < 4.78 is 0. The number of nitrogens with zero attached hydrogens (tertiary/aromatic N) is 2. The Kier molecular flexibility index (Phi) is 1.89. The van der Waals surface area contributed by atoms with Gasteiger partial charge < -0.3 is 5.21 Å². The van der Waals surface area contributed by atoms with E-state index in [1.807, 2.05) is 0 Å². The summed E-state index contributed by atoms with van der Waals surface area (Å²) in [7, 11) is 0. The van der Waals surface area contributed by atoms with Gasteiger partial charge in [-0.2, -0.15) is 0 Å². The monoisotopic (exact) mass is 141 g/mol. The van der Waals surface area contributed by atoms with Crippen LogP contribution in [0.15, 0.2) is 23.4 Å². The average molecular weight is 141 g/mol. The van der Waals surface area contributed by atoms with Crippen molar-refractivity contribution in [1.82, 2.24) is 5.10 Å². The third kappa shape index (κ3) is 1.57. The van der Waals surface area contributed by atoms with Gasteiger partial charge in [0.2, 0.25) is 6.20 Å². The summed E-state index contributed by atoms with van der Waals surface area (Å²) in [6.07, 6.45) is 4.83. The highest BCUT2D eigenvalue weighted by molar-refractivity contribution is 8.00. The number of hydrogen-bond acceptors (Lipinski definition) is 3. The van der Waals surface area contributed by atoms with Gasteiger partial charge in [-0.1, -0.05) is 16.6 Å². The van der Waals surface area contributed by atoms with E-state index in [-0.39, 0.29) is 0 Å². The second-order valence-corrected chi connectivity index (χ2v) is 2.10. The highest BCUT2D eigenvalue weighted by Gasteiger charge is 1.93. The van der Waals surface area contributed by atoms with E-state index < -0.39 is 0 Å². The summed E-state index contributed by atoms with van der Waals surface area (Å²) in [6.45, 7) is 0. The molecule has 0 aliphatic carbocycles. The largest absolute Gasteiger partial charge is 0.594 e. The predicted octanol–water partition coefficient (Wildman–Crippen LogP) is 0.599. The van der Waals surface area contributed by atoms with Crippen LogP contribution >= 0.6 is 11.8 Å². The van der Waals surface area contributed by atoms with Crippen LogP contribution in [0.1, 0.15) is 0 Å². The Morgan fingerprint density at radius 1 is 1.78 bits per heavy atom. The Hall–Kier alpha value is -0.770. The van der Waals surface area contributed by atoms with E-state index in [1.165, 1.54) is 18.0 Å². The highest BCUT2D eigenvalue weighted by atomic mass is 32.2. The molecule has 1 radical (unpaired) electrons. The van der Waals surface area contributed by atoms with Gasteiger partial charge in [-0.25, -0.2) is 0 Å². The minimum absolute atomic E-state index is 0.507. The highest BCUT2D eigenvalue weighted by Crippen LogP contribution is 2.08. The molecule has 0 aromatic carbocycles. The molecule has 0 saturated carbocycles. The first-order valence-corrected chi connectivity index (χ1v) is 3.30. The zero-order valence-corrected chi connectivity index (χ0v) is 5.47. The van der Waals surface area contributed by atoms with Crippen LogP contribution in [-0.2, 0) is 0 Å². The maximum Gasteiger partial charge on any atom is 0.209 e. The first-order chi connectivity index (χ1) is 4.33. The van der Waals surface area contributed by atoms with Crippen LogP contribution in [0.5, 0.6) is 0 Å². The standard InChI is InChI=1S/C5H5N2OS/c1-9-5-3-2-4-7(8)6-5/h2-4H,1H2. The molecule has 1 heterocycles. The van der Waals surface area contributed by atoms with Crippen molar-refractivity contribution in [3.05, 3.63) is 29.8 Å². The van der Waals surface area contributed by atoms with Crippen LogP contribution in [-0.4, -0.2) is 5.10 Å². The molecule has 1 rings (SSSR count). The van der Waals surface area contributed by atoms with Crippen LogP contribution in [0.4, 0.5) is 0 Å². The summed E-state index contributed by atoms with van der Waals surface area (Å²) >= 11 is 1.20. The number of hydrogen-bond donors (Lipinski definition) is 0. The van der Waals surface area contributed by atoms with Crippen LogP contribution in [0.25, 0.3) is 0 Å². The Balaban J connectivity index is 2.94. The van der Waals surface area contributed by atoms with Crippen molar-refractivity contribution in [3.63, 3.8) is 0 Å². The van der Waals surface area contributed by atoms with Crippen molar-refractivity contribution in [2.45, 2.75) is 5.03 Å². The fourth-order valence-corrected chi connectivity index (χ4v) is 0.753. The second-order valence-electron chi connectivity index (χ2n) is 1.39. The lowest BCUT2D eigenvalue weighted by atomic mass is 10.6. The van der Waals surface area contributed by atoms with Crippen molar-refractivity contribution in [2.24, 2.45) is 0 Å². The summed E-state index contributed by atoms with van der Waals surface area (Å²) in [5.41, 5.74) is 0. The molecule has 0 amide bonds. The normalized spacial score (nSPS) is 9.44. The van der Waals surface area contributed by atoms with Gasteiger partial charge in [0.25, 0.3) is 0 Å². The first-order valence-electron chi connectivity index (χ1n) is 2.31. The van der Waals surface area contributed by atoms with Crippen molar-refractivity contribution in [1.29, 1.82) is 0 Å². The molecule has 0 N–H and O–H groups in total. The molecule has 0 fully saturated rings. The lowest BCUT2D eigenvalue weighted by Gasteiger charge is -1.91. The number of rotatable bonds is 1. The lowest BCUT2D eigenvalue weighted by Crippen LogP contribution is -2.29. The van der Waals surface area contributed by atoms with Crippen molar-refractivity contribution >= 4 is 11.8 Å². The first kappa shape index (κ1) is 6.35. The number of aromatic nitrogens is 2. The molecule has 4 heteroatoms. The van der Waals surface area contributed by atoms with E-state index >= 15 is 0 Å². The molecule has 0 saturated heterocycles. The number of thioether (sulfide) groups is 1. The summed E-state index contributed by atoms with van der Waals surface area (Å²) in [5.74, 6) is 0. The fourth-order valence-electron chi connectivity index (χ4n) is 0.440. The molecule has 0 spiro atoms. The van der Waals surface area contributed by atoms with Crippen LogP contribution in [0.3, 0.4) is 0 Å². The zero-order valence-electron chi connectivity index (χ0n) is 4.65. The zero-order chi connectivity index (χ0) is 6.69. The second kappa shape index (κ2) is 2.68.